The SMILES string of the molecule is CC(C)C(Nc1ccc(N(C)C)c(Cl)c1)c1cccs1. The molecule has 0 aliphatic carbocycles. The van der Waals surface area contributed by atoms with Gasteiger partial charge in [0.15, 0.2) is 0 Å². The molecule has 108 valence electrons. The Morgan fingerprint density at radius 1 is 1.20 bits per heavy atom. The lowest BCUT2D eigenvalue weighted by molar-refractivity contribution is 0.554. The zero-order chi connectivity index (χ0) is 14.7. The van der Waals surface area contributed by atoms with Gasteiger partial charge in [0.1, 0.15) is 0 Å². The molecular formula is C16H21ClN2S. The third-order valence-corrected chi connectivity index (χ3v) is 4.53. The second kappa shape index (κ2) is 6.51. The quantitative estimate of drug-likeness (QED) is 0.808. The zero-order valence-corrected chi connectivity index (χ0v) is 13.9. The first-order chi connectivity index (χ1) is 9.49. The summed E-state index contributed by atoms with van der Waals surface area (Å²) >= 11 is 8.12. The first-order valence-electron chi connectivity index (χ1n) is 6.76. The monoisotopic (exact) mass is 308 g/mol. The van der Waals surface area contributed by atoms with E-state index in [1.807, 2.05) is 25.1 Å². The van der Waals surface area contributed by atoms with Gasteiger partial charge in [-0.1, -0.05) is 31.5 Å². The third kappa shape index (κ3) is 3.47. The van der Waals surface area contributed by atoms with Crippen LogP contribution in [-0.2, 0) is 0 Å². The summed E-state index contributed by atoms with van der Waals surface area (Å²) in [5.74, 6) is 0.515. The van der Waals surface area contributed by atoms with Crippen LogP contribution >= 0.6 is 22.9 Å². The highest BCUT2D eigenvalue weighted by Crippen LogP contribution is 2.33. The number of thiophene rings is 1. The van der Waals surface area contributed by atoms with Crippen LogP contribution < -0.4 is 10.2 Å². The van der Waals surface area contributed by atoms with Crippen molar-refractivity contribution in [3.05, 3.63) is 45.6 Å². The molecule has 0 fully saturated rings. The molecule has 0 bridgehead atoms. The number of hydrogen-bond donors (Lipinski definition) is 1. The van der Waals surface area contributed by atoms with E-state index in [0.717, 1.165) is 16.4 Å². The average molecular weight is 309 g/mol. The minimum Gasteiger partial charge on any atom is -0.377 e. The van der Waals surface area contributed by atoms with Gasteiger partial charge in [-0.2, -0.15) is 0 Å². The fourth-order valence-corrected chi connectivity index (χ4v) is 3.47. The summed E-state index contributed by atoms with van der Waals surface area (Å²) in [6.07, 6.45) is 0. The summed E-state index contributed by atoms with van der Waals surface area (Å²) in [5, 5.41) is 6.49. The lowest BCUT2D eigenvalue weighted by atomic mass is 10.0. The van der Waals surface area contributed by atoms with Gasteiger partial charge < -0.3 is 10.2 Å². The second-order valence-corrected chi connectivity index (χ2v) is 6.83. The van der Waals surface area contributed by atoms with E-state index < -0.39 is 0 Å². The van der Waals surface area contributed by atoms with Crippen molar-refractivity contribution in [1.29, 1.82) is 0 Å². The Bertz CT molecular complexity index is 550. The van der Waals surface area contributed by atoms with Crippen LogP contribution in [0.4, 0.5) is 11.4 Å². The van der Waals surface area contributed by atoms with Crippen LogP contribution in [0, 0.1) is 5.92 Å². The van der Waals surface area contributed by atoms with Crippen molar-refractivity contribution in [2.24, 2.45) is 5.92 Å². The van der Waals surface area contributed by atoms with Crippen molar-refractivity contribution in [2.75, 3.05) is 24.3 Å². The fourth-order valence-electron chi connectivity index (χ4n) is 2.17. The predicted molar refractivity (Wildman–Crippen MR) is 91.3 cm³/mol. The number of benzene rings is 1. The molecule has 0 saturated heterocycles. The van der Waals surface area contributed by atoms with Gasteiger partial charge >= 0.3 is 0 Å². The summed E-state index contributed by atoms with van der Waals surface area (Å²) < 4.78 is 0. The van der Waals surface area contributed by atoms with Crippen molar-refractivity contribution in [2.45, 2.75) is 19.9 Å². The molecule has 1 aromatic heterocycles. The van der Waals surface area contributed by atoms with E-state index in [0.29, 0.717) is 12.0 Å². The molecule has 1 atom stereocenters. The Morgan fingerprint density at radius 3 is 2.45 bits per heavy atom. The third-order valence-electron chi connectivity index (χ3n) is 3.27. The molecule has 4 heteroatoms. The van der Waals surface area contributed by atoms with E-state index in [1.54, 1.807) is 11.3 Å². The first-order valence-corrected chi connectivity index (χ1v) is 8.01. The largest absolute Gasteiger partial charge is 0.377 e. The highest BCUT2D eigenvalue weighted by atomic mass is 35.5. The standard InChI is InChI=1S/C16H21ClN2S/c1-11(2)16(15-6-5-9-20-15)18-12-7-8-14(19(3)4)13(17)10-12/h5-11,16,18H,1-4H3. The molecule has 2 nitrogen and oxygen atoms in total. The Labute approximate surface area is 130 Å². The smallest absolute Gasteiger partial charge is 0.0659 e. The molecule has 2 aromatic rings. The van der Waals surface area contributed by atoms with E-state index in [-0.39, 0.29) is 0 Å². The number of anilines is 2. The molecule has 0 saturated carbocycles. The van der Waals surface area contributed by atoms with E-state index in [1.165, 1.54) is 4.88 Å². The second-order valence-electron chi connectivity index (χ2n) is 5.44. The van der Waals surface area contributed by atoms with Gasteiger partial charge in [-0.15, -0.1) is 11.3 Å². The predicted octanol–water partition coefficient (Wildman–Crippen LogP) is 5.28. The van der Waals surface area contributed by atoms with Gasteiger partial charge in [0.2, 0.25) is 0 Å². The molecule has 0 spiro atoms. The number of halogens is 1. The molecule has 0 aliphatic rings. The molecule has 1 heterocycles. The van der Waals surface area contributed by atoms with Crippen molar-refractivity contribution in [3.8, 4) is 0 Å². The maximum Gasteiger partial charge on any atom is 0.0659 e. The average Bonchev–Trinajstić information content (AvgIpc) is 2.88. The minimum atomic E-state index is 0.316. The van der Waals surface area contributed by atoms with Crippen LogP contribution in [0.2, 0.25) is 5.02 Å². The van der Waals surface area contributed by atoms with Gasteiger partial charge in [-0.25, -0.2) is 0 Å². The van der Waals surface area contributed by atoms with Crippen LogP contribution in [0.15, 0.2) is 35.7 Å². The number of nitrogens with one attached hydrogen (secondary N) is 1. The first kappa shape index (κ1) is 15.2. The van der Waals surface area contributed by atoms with E-state index in [4.69, 9.17) is 11.6 Å². The Balaban J connectivity index is 2.22. The maximum absolute atomic E-state index is 6.33. The highest BCUT2D eigenvalue weighted by Gasteiger charge is 2.17. The number of rotatable bonds is 5. The summed E-state index contributed by atoms with van der Waals surface area (Å²) in [6.45, 7) is 4.46. The van der Waals surface area contributed by atoms with Gasteiger partial charge in [0.25, 0.3) is 0 Å². The lowest BCUT2D eigenvalue weighted by Crippen LogP contribution is -2.16. The highest BCUT2D eigenvalue weighted by molar-refractivity contribution is 7.10. The molecule has 1 unspecified atom stereocenters. The normalized spacial score (nSPS) is 12.5. The molecule has 1 aromatic carbocycles. The Morgan fingerprint density at radius 2 is 1.95 bits per heavy atom. The number of hydrogen-bond acceptors (Lipinski definition) is 3. The van der Waals surface area contributed by atoms with Crippen molar-refractivity contribution in [3.63, 3.8) is 0 Å². The number of nitrogens with zero attached hydrogens (tertiary/aromatic N) is 1. The lowest BCUT2D eigenvalue weighted by Gasteiger charge is -2.23. The van der Waals surface area contributed by atoms with Crippen molar-refractivity contribution >= 4 is 34.3 Å². The fraction of sp³-hybridized carbons (Fsp3) is 0.375. The maximum atomic E-state index is 6.33. The molecule has 0 aliphatic heterocycles. The van der Waals surface area contributed by atoms with E-state index in [2.05, 4.69) is 48.8 Å². The van der Waals surface area contributed by atoms with Crippen LogP contribution in [-0.4, -0.2) is 14.1 Å². The van der Waals surface area contributed by atoms with Gasteiger partial charge in [-0.3, -0.25) is 0 Å². The molecule has 1 N–H and O–H groups in total. The van der Waals surface area contributed by atoms with E-state index in [9.17, 15) is 0 Å². The summed E-state index contributed by atoms with van der Waals surface area (Å²) in [4.78, 5) is 3.37. The zero-order valence-electron chi connectivity index (χ0n) is 12.4. The van der Waals surface area contributed by atoms with E-state index >= 15 is 0 Å². The van der Waals surface area contributed by atoms with Crippen molar-refractivity contribution in [1.82, 2.24) is 0 Å². The van der Waals surface area contributed by atoms with Crippen LogP contribution in [0.25, 0.3) is 0 Å². The Hall–Kier alpha value is -1.19. The van der Waals surface area contributed by atoms with Crippen molar-refractivity contribution < 1.29 is 0 Å². The molecule has 2 rings (SSSR count). The Kier molecular flexibility index (Phi) is 4.95. The van der Waals surface area contributed by atoms with Gasteiger partial charge in [0, 0.05) is 24.7 Å². The molecule has 0 amide bonds. The van der Waals surface area contributed by atoms with Crippen LogP contribution in [0.1, 0.15) is 24.8 Å². The van der Waals surface area contributed by atoms with Gasteiger partial charge in [0.05, 0.1) is 16.8 Å². The van der Waals surface area contributed by atoms with Crippen LogP contribution in [0.3, 0.4) is 0 Å². The molecule has 20 heavy (non-hydrogen) atoms. The summed E-state index contributed by atoms with van der Waals surface area (Å²) in [5.41, 5.74) is 2.10. The summed E-state index contributed by atoms with van der Waals surface area (Å²) in [6, 6.07) is 10.7. The minimum absolute atomic E-state index is 0.316. The van der Waals surface area contributed by atoms with Crippen LogP contribution in [0.5, 0.6) is 0 Å². The summed E-state index contributed by atoms with van der Waals surface area (Å²) in [7, 11) is 3.99. The topological polar surface area (TPSA) is 15.3 Å². The molecule has 0 radical (unpaired) electrons. The van der Waals surface area contributed by atoms with Gasteiger partial charge in [-0.05, 0) is 35.6 Å². The molecular weight excluding hydrogens is 288 g/mol.